The third-order valence-corrected chi connectivity index (χ3v) is 3.88. The van der Waals surface area contributed by atoms with Crippen molar-refractivity contribution in [3.8, 4) is 28.2 Å². The Hall–Kier alpha value is -3.81. The molecule has 0 bridgehead atoms. The summed E-state index contributed by atoms with van der Waals surface area (Å²) in [6, 6.07) is 11.2. The Labute approximate surface area is 147 Å². The van der Waals surface area contributed by atoms with E-state index in [0.29, 0.717) is 11.5 Å². The summed E-state index contributed by atoms with van der Waals surface area (Å²) in [7, 11) is 0. The standard InChI is InChI=1S/C18H13FN6O/c19-13-3-1-12(2-4-13)17-14(11-5-7-21-8-6-11)10-25(24-17)16-9-15(20)18(26)23-22-16/h1-10H,(H2,20,22)(H,23,26). The summed E-state index contributed by atoms with van der Waals surface area (Å²) in [5, 5.41) is 10.9. The van der Waals surface area contributed by atoms with E-state index < -0.39 is 5.56 Å². The van der Waals surface area contributed by atoms with Gasteiger partial charge in [-0.1, -0.05) is 0 Å². The van der Waals surface area contributed by atoms with Crippen molar-refractivity contribution in [1.82, 2.24) is 25.0 Å². The first-order chi connectivity index (χ1) is 12.6. The fourth-order valence-corrected chi connectivity index (χ4v) is 2.58. The number of aromatic nitrogens is 5. The number of nitrogen functional groups attached to an aromatic ring is 1. The molecule has 4 rings (SSSR count). The first-order valence-electron chi connectivity index (χ1n) is 7.73. The van der Waals surface area contributed by atoms with Gasteiger partial charge in [0.15, 0.2) is 5.82 Å². The minimum atomic E-state index is -0.464. The van der Waals surface area contributed by atoms with Crippen LogP contribution >= 0.6 is 0 Å². The van der Waals surface area contributed by atoms with Crippen LogP contribution in [0.15, 0.2) is 65.8 Å². The predicted molar refractivity (Wildman–Crippen MR) is 95.0 cm³/mol. The van der Waals surface area contributed by atoms with Crippen molar-refractivity contribution in [3.05, 3.63) is 77.2 Å². The van der Waals surface area contributed by atoms with Crippen molar-refractivity contribution in [1.29, 1.82) is 0 Å². The highest BCUT2D eigenvalue weighted by atomic mass is 19.1. The second-order valence-electron chi connectivity index (χ2n) is 5.59. The number of nitrogens with two attached hydrogens (primary N) is 1. The molecule has 0 saturated heterocycles. The maximum absolute atomic E-state index is 13.3. The Bertz CT molecular complexity index is 1120. The molecule has 0 aliphatic heterocycles. The number of nitrogens with one attached hydrogen (secondary N) is 1. The molecule has 3 aromatic heterocycles. The number of nitrogens with zero attached hydrogens (tertiary/aromatic N) is 4. The van der Waals surface area contributed by atoms with Crippen LogP contribution in [0.25, 0.3) is 28.2 Å². The van der Waals surface area contributed by atoms with Gasteiger partial charge in [-0.05, 0) is 42.0 Å². The molecule has 0 atom stereocenters. The van der Waals surface area contributed by atoms with E-state index in [-0.39, 0.29) is 11.5 Å². The van der Waals surface area contributed by atoms with Crippen LogP contribution in [-0.2, 0) is 0 Å². The van der Waals surface area contributed by atoms with Crippen LogP contribution in [0.5, 0.6) is 0 Å². The van der Waals surface area contributed by atoms with E-state index in [2.05, 4.69) is 20.3 Å². The number of halogens is 1. The molecule has 3 N–H and O–H groups in total. The normalized spacial score (nSPS) is 10.8. The molecule has 1 aromatic carbocycles. The molecule has 0 amide bonds. The topological polar surface area (TPSA) is 102 Å². The van der Waals surface area contributed by atoms with E-state index >= 15 is 0 Å². The van der Waals surface area contributed by atoms with Gasteiger partial charge in [-0.2, -0.15) is 10.2 Å². The van der Waals surface area contributed by atoms with E-state index in [1.165, 1.54) is 22.9 Å². The number of benzene rings is 1. The average Bonchev–Trinajstić information content (AvgIpc) is 3.11. The molecule has 0 radical (unpaired) electrons. The summed E-state index contributed by atoms with van der Waals surface area (Å²) in [4.78, 5) is 15.5. The van der Waals surface area contributed by atoms with Gasteiger partial charge < -0.3 is 5.73 Å². The number of aromatic amines is 1. The van der Waals surface area contributed by atoms with Gasteiger partial charge in [0.25, 0.3) is 5.56 Å². The smallest absolute Gasteiger partial charge is 0.287 e. The van der Waals surface area contributed by atoms with Gasteiger partial charge in [0, 0.05) is 35.8 Å². The van der Waals surface area contributed by atoms with E-state index in [4.69, 9.17) is 5.73 Å². The quantitative estimate of drug-likeness (QED) is 0.592. The molecular formula is C18H13FN6O. The molecule has 0 unspecified atom stereocenters. The van der Waals surface area contributed by atoms with Gasteiger partial charge in [0.05, 0.1) is 0 Å². The highest BCUT2D eigenvalue weighted by Crippen LogP contribution is 2.31. The zero-order valence-corrected chi connectivity index (χ0v) is 13.4. The Morgan fingerprint density at radius 1 is 1.04 bits per heavy atom. The molecule has 128 valence electrons. The summed E-state index contributed by atoms with van der Waals surface area (Å²) in [6.07, 6.45) is 5.13. The van der Waals surface area contributed by atoms with Gasteiger partial charge in [-0.25, -0.2) is 14.2 Å². The number of hydrogen-bond donors (Lipinski definition) is 2. The maximum Gasteiger partial charge on any atom is 0.287 e. The van der Waals surface area contributed by atoms with Crippen molar-refractivity contribution in [2.75, 3.05) is 5.73 Å². The number of pyridine rings is 1. The van der Waals surface area contributed by atoms with Crippen LogP contribution in [-0.4, -0.2) is 25.0 Å². The van der Waals surface area contributed by atoms with Gasteiger partial charge >= 0.3 is 0 Å². The maximum atomic E-state index is 13.3. The molecule has 0 aliphatic carbocycles. The lowest BCUT2D eigenvalue weighted by Gasteiger charge is -2.02. The first kappa shape index (κ1) is 15.7. The highest BCUT2D eigenvalue weighted by Gasteiger charge is 2.15. The molecule has 0 saturated carbocycles. The summed E-state index contributed by atoms with van der Waals surface area (Å²) < 4.78 is 14.8. The van der Waals surface area contributed by atoms with E-state index in [1.807, 2.05) is 12.1 Å². The molecular weight excluding hydrogens is 335 g/mol. The van der Waals surface area contributed by atoms with Crippen LogP contribution in [0, 0.1) is 5.82 Å². The van der Waals surface area contributed by atoms with Gasteiger partial charge in [-0.3, -0.25) is 9.78 Å². The average molecular weight is 348 g/mol. The third kappa shape index (κ3) is 2.84. The molecule has 0 fully saturated rings. The minimum absolute atomic E-state index is 0.0410. The lowest BCUT2D eigenvalue weighted by molar-refractivity contribution is 0.628. The SMILES string of the molecule is Nc1cc(-n2cc(-c3ccncc3)c(-c3ccc(F)cc3)n2)n[nH]c1=O. The van der Waals surface area contributed by atoms with Crippen LogP contribution in [0.2, 0.25) is 0 Å². The third-order valence-electron chi connectivity index (χ3n) is 3.88. The summed E-state index contributed by atoms with van der Waals surface area (Å²) in [5.41, 5.74) is 8.33. The Kier molecular flexibility index (Phi) is 3.77. The molecule has 4 aromatic rings. The molecule has 3 heterocycles. The van der Waals surface area contributed by atoms with Gasteiger partial charge in [0.1, 0.15) is 17.2 Å². The van der Waals surface area contributed by atoms with E-state index in [9.17, 15) is 9.18 Å². The van der Waals surface area contributed by atoms with Crippen molar-refractivity contribution >= 4 is 5.69 Å². The summed E-state index contributed by atoms with van der Waals surface area (Å²) in [6.45, 7) is 0. The van der Waals surface area contributed by atoms with Crippen LogP contribution in [0.1, 0.15) is 0 Å². The number of anilines is 1. The van der Waals surface area contributed by atoms with E-state index in [0.717, 1.165) is 16.7 Å². The van der Waals surface area contributed by atoms with Crippen molar-refractivity contribution in [2.45, 2.75) is 0 Å². The molecule has 26 heavy (non-hydrogen) atoms. The molecule has 0 spiro atoms. The zero-order chi connectivity index (χ0) is 18.1. The summed E-state index contributed by atoms with van der Waals surface area (Å²) in [5.74, 6) is 0.0412. The largest absolute Gasteiger partial charge is 0.394 e. The van der Waals surface area contributed by atoms with Crippen LogP contribution < -0.4 is 11.3 Å². The lowest BCUT2D eigenvalue weighted by atomic mass is 10.0. The van der Waals surface area contributed by atoms with Crippen molar-refractivity contribution < 1.29 is 4.39 Å². The Morgan fingerprint density at radius 3 is 2.46 bits per heavy atom. The monoisotopic (exact) mass is 348 g/mol. The second-order valence-corrected chi connectivity index (χ2v) is 5.59. The number of H-pyrrole nitrogens is 1. The van der Waals surface area contributed by atoms with Crippen molar-refractivity contribution in [3.63, 3.8) is 0 Å². The van der Waals surface area contributed by atoms with Gasteiger partial charge in [-0.15, -0.1) is 0 Å². The number of hydrogen-bond acceptors (Lipinski definition) is 5. The Balaban J connectivity index is 1.91. The van der Waals surface area contributed by atoms with Crippen molar-refractivity contribution in [2.24, 2.45) is 0 Å². The minimum Gasteiger partial charge on any atom is -0.394 e. The lowest BCUT2D eigenvalue weighted by Crippen LogP contribution is -2.15. The highest BCUT2D eigenvalue weighted by molar-refractivity contribution is 5.80. The number of rotatable bonds is 3. The zero-order valence-electron chi connectivity index (χ0n) is 13.4. The summed E-state index contributed by atoms with van der Waals surface area (Å²) >= 11 is 0. The predicted octanol–water partition coefficient (Wildman–Crippen LogP) is 2.41. The molecule has 0 aliphatic rings. The van der Waals surface area contributed by atoms with Crippen LogP contribution in [0.3, 0.4) is 0 Å². The first-order valence-corrected chi connectivity index (χ1v) is 7.73. The molecule has 8 heteroatoms. The fourth-order valence-electron chi connectivity index (χ4n) is 2.58. The van der Waals surface area contributed by atoms with Gasteiger partial charge in [0.2, 0.25) is 0 Å². The second kappa shape index (κ2) is 6.25. The van der Waals surface area contributed by atoms with E-state index in [1.54, 1.807) is 30.7 Å². The Morgan fingerprint density at radius 2 is 1.77 bits per heavy atom. The molecule has 7 nitrogen and oxygen atoms in total. The fraction of sp³-hybridized carbons (Fsp3) is 0. The van der Waals surface area contributed by atoms with Crippen LogP contribution in [0.4, 0.5) is 10.1 Å².